The van der Waals surface area contributed by atoms with Gasteiger partial charge in [0, 0.05) is 6.08 Å². The topological polar surface area (TPSA) is 37.3 Å². The van der Waals surface area contributed by atoms with Gasteiger partial charge in [-0.2, -0.15) is 0 Å². The second-order valence-electron chi connectivity index (χ2n) is 0.542. The second kappa shape index (κ2) is 4.74. The summed E-state index contributed by atoms with van der Waals surface area (Å²) in [6, 6.07) is 0. The highest BCUT2D eigenvalue weighted by atomic mass is 27.0. The van der Waals surface area contributed by atoms with Crippen LogP contribution in [0.1, 0.15) is 0 Å². The van der Waals surface area contributed by atoms with E-state index in [9.17, 15) is 4.79 Å². The number of carbonyl (C=O) groups is 1. The predicted octanol–water partition coefficient (Wildman–Crippen LogP) is -0.927. The van der Waals surface area contributed by atoms with E-state index < -0.39 is 5.97 Å². The Kier molecular flexibility index (Phi) is 7.29. The third-order valence-electron chi connectivity index (χ3n) is 0.175. The normalized spacial score (nSPS) is 5.33. The molecular formula is C3H7AlO2. The Hall–Kier alpha value is -0.258. The zero-order valence-corrected chi connectivity index (χ0v) is 2.64. The standard InChI is InChI=1S/C3H4O2.Al.3H/c1-2-3(4)5;;;;/h2H,1H2,(H,4,5);;;;. The SMILES string of the molecule is C=CC(=O)O.[AlH3]. The molecule has 0 unspecified atom stereocenters. The first-order valence-corrected chi connectivity index (χ1v) is 1.12. The highest BCUT2D eigenvalue weighted by Crippen LogP contribution is 1.54. The maximum absolute atomic E-state index is 9.25. The lowest BCUT2D eigenvalue weighted by atomic mass is 10.7. The lowest BCUT2D eigenvalue weighted by Gasteiger charge is -1.64. The van der Waals surface area contributed by atoms with Crippen LogP contribution in [-0.2, 0) is 4.79 Å². The maximum atomic E-state index is 9.25. The first-order chi connectivity index (χ1) is 2.27. The Bertz CT molecular complexity index is 59.8. The summed E-state index contributed by atoms with van der Waals surface area (Å²) in [5, 5.41) is 7.60. The minimum Gasteiger partial charge on any atom is -0.478 e. The Morgan fingerprint density at radius 2 is 2.00 bits per heavy atom. The Labute approximate surface area is 46.6 Å². The zero-order chi connectivity index (χ0) is 4.28. The summed E-state index contributed by atoms with van der Waals surface area (Å²) >= 11 is 0. The molecule has 0 aliphatic carbocycles. The van der Waals surface area contributed by atoms with Gasteiger partial charge in [-0.05, 0) is 0 Å². The molecule has 1 N–H and O–H groups in total. The van der Waals surface area contributed by atoms with E-state index in [0.29, 0.717) is 0 Å². The molecule has 0 aliphatic heterocycles. The van der Waals surface area contributed by atoms with Gasteiger partial charge >= 0.3 is 5.97 Å². The molecule has 0 rings (SSSR count). The van der Waals surface area contributed by atoms with E-state index in [1.54, 1.807) is 0 Å². The molecule has 0 fully saturated rings. The van der Waals surface area contributed by atoms with E-state index >= 15 is 0 Å². The Balaban J connectivity index is 0. The molecule has 0 saturated carbocycles. The molecule has 0 amide bonds. The van der Waals surface area contributed by atoms with E-state index in [0.717, 1.165) is 6.08 Å². The van der Waals surface area contributed by atoms with E-state index in [-0.39, 0.29) is 17.4 Å². The molecule has 0 spiro atoms. The largest absolute Gasteiger partial charge is 0.478 e. The predicted molar refractivity (Wildman–Crippen MR) is 27.8 cm³/mol. The van der Waals surface area contributed by atoms with Crippen LogP contribution in [0.4, 0.5) is 0 Å². The third-order valence-corrected chi connectivity index (χ3v) is 0.175. The van der Waals surface area contributed by atoms with Crippen LogP contribution >= 0.6 is 0 Å². The van der Waals surface area contributed by atoms with E-state index in [2.05, 4.69) is 6.58 Å². The van der Waals surface area contributed by atoms with Crippen molar-refractivity contribution < 1.29 is 9.90 Å². The van der Waals surface area contributed by atoms with Crippen LogP contribution in [-0.4, -0.2) is 28.4 Å². The molecule has 0 radical (unpaired) electrons. The molecule has 0 aromatic heterocycles. The first-order valence-electron chi connectivity index (χ1n) is 1.12. The van der Waals surface area contributed by atoms with E-state index in [1.165, 1.54) is 0 Å². The van der Waals surface area contributed by atoms with Gasteiger partial charge in [-0.3, -0.25) is 0 Å². The highest BCUT2D eigenvalue weighted by Gasteiger charge is 1.73. The van der Waals surface area contributed by atoms with Crippen LogP contribution in [0.2, 0.25) is 0 Å². The van der Waals surface area contributed by atoms with Crippen molar-refractivity contribution >= 4 is 23.3 Å². The van der Waals surface area contributed by atoms with Gasteiger partial charge in [0.05, 0.1) is 0 Å². The fourth-order valence-corrected chi connectivity index (χ4v) is 0. The smallest absolute Gasteiger partial charge is 0.327 e. The van der Waals surface area contributed by atoms with Gasteiger partial charge in [-0.1, -0.05) is 6.58 Å². The van der Waals surface area contributed by atoms with Crippen molar-refractivity contribution in [2.45, 2.75) is 0 Å². The number of hydrogen-bond donors (Lipinski definition) is 1. The van der Waals surface area contributed by atoms with Crippen LogP contribution < -0.4 is 0 Å². The van der Waals surface area contributed by atoms with Crippen molar-refractivity contribution in [2.24, 2.45) is 0 Å². The van der Waals surface area contributed by atoms with Gasteiger partial charge in [0.25, 0.3) is 0 Å². The summed E-state index contributed by atoms with van der Waals surface area (Å²) in [6.45, 7) is 2.96. The molecule has 34 valence electrons. The van der Waals surface area contributed by atoms with Crippen molar-refractivity contribution in [2.75, 3.05) is 0 Å². The molecular weight excluding hydrogens is 95.0 g/mol. The third kappa shape index (κ3) is 9.27. The average molecular weight is 102 g/mol. The fraction of sp³-hybridized carbons (Fsp3) is 0. The van der Waals surface area contributed by atoms with Crippen molar-refractivity contribution in [3.05, 3.63) is 12.7 Å². The Morgan fingerprint density at radius 3 is 2.00 bits per heavy atom. The van der Waals surface area contributed by atoms with Crippen LogP contribution in [0.3, 0.4) is 0 Å². The molecule has 0 atom stereocenters. The molecule has 0 saturated heterocycles. The summed E-state index contributed by atoms with van der Waals surface area (Å²) in [5.74, 6) is -0.981. The summed E-state index contributed by atoms with van der Waals surface area (Å²) in [7, 11) is 0. The molecule has 2 nitrogen and oxygen atoms in total. The quantitative estimate of drug-likeness (QED) is 0.343. The maximum Gasteiger partial charge on any atom is 0.327 e. The van der Waals surface area contributed by atoms with Gasteiger partial charge in [0.2, 0.25) is 0 Å². The van der Waals surface area contributed by atoms with Gasteiger partial charge in [0.1, 0.15) is 0 Å². The van der Waals surface area contributed by atoms with Crippen molar-refractivity contribution in [3.63, 3.8) is 0 Å². The summed E-state index contributed by atoms with van der Waals surface area (Å²) in [5.41, 5.74) is 0. The molecule has 3 heteroatoms. The van der Waals surface area contributed by atoms with Crippen molar-refractivity contribution in [1.82, 2.24) is 0 Å². The molecule has 0 aromatic carbocycles. The van der Waals surface area contributed by atoms with Crippen molar-refractivity contribution in [1.29, 1.82) is 0 Å². The van der Waals surface area contributed by atoms with Gasteiger partial charge in [0.15, 0.2) is 17.4 Å². The zero-order valence-electron chi connectivity index (χ0n) is 2.64. The minimum absolute atomic E-state index is 0. The minimum atomic E-state index is -0.981. The molecule has 6 heavy (non-hydrogen) atoms. The number of carboxylic acids is 1. The molecule has 0 bridgehead atoms. The van der Waals surface area contributed by atoms with Crippen LogP contribution in [0.25, 0.3) is 0 Å². The Morgan fingerprint density at radius 1 is 1.83 bits per heavy atom. The van der Waals surface area contributed by atoms with Gasteiger partial charge in [-0.15, -0.1) is 0 Å². The monoisotopic (exact) mass is 102 g/mol. The lowest BCUT2D eigenvalue weighted by Crippen LogP contribution is -1.82. The number of rotatable bonds is 1. The summed E-state index contributed by atoms with van der Waals surface area (Å²) in [6.07, 6.45) is 0.833. The molecule has 0 aliphatic rings. The van der Waals surface area contributed by atoms with Gasteiger partial charge in [-0.25, -0.2) is 4.79 Å². The lowest BCUT2D eigenvalue weighted by molar-refractivity contribution is -0.131. The van der Waals surface area contributed by atoms with Crippen molar-refractivity contribution in [3.8, 4) is 0 Å². The van der Waals surface area contributed by atoms with E-state index in [4.69, 9.17) is 5.11 Å². The first kappa shape index (κ1) is 9.22. The number of hydrogen-bond acceptors (Lipinski definition) is 1. The molecule has 0 heterocycles. The average Bonchev–Trinajstić information content (AvgIpc) is 1.38. The number of aliphatic carboxylic acids is 1. The number of carboxylic acid groups (broad SMARTS) is 1. The van der Waals surface area contributed by atoms with E-state index in [1.807, 2.05) is 0 Å². The van der Waals surface area contributed by atoms with Crippen LogP contribution in [0.15, 0.2) is 12.7 Å². The van der Waals surface area contributed by atoms with Crippen LogP contribution in [0.5, 0.6) is 0 Å². The van der Waals surface area contributed by atoms with Crippen LogP contribution in [0, 0.1) is 0 Å². The summed E-state index contributed by atoms with van der Waals surface area (Å²) in [4.78, 5) is 9.25. The highest BCUT2D eigenvalue weighted by molar-refractivity contribution is 5.78. The molecule has 0 aromatic rings. The second-order valence-corrected chi connectivity index (χ2v) is 0.542. The summed E-state index contributed by atoms with van der Waals surface area (Å²) < 4.78 is 0. The van der Waals surface area contributed by atoms with Gasteiger partial charge < -0.3 is 5.11 Å². The fourth-order valence-electron chi connectivity index (χ4n) is 0.